The lowest BCUT2D eigenvalue weighted by atomic mass is 10.1. The van der Waals surface area contributed by atoms with Gasteiger partial charge in [0.1, 0.15) is 5.25 Å². The Morgan fingerprint density at radius 3 is 2.68 bits per heavy atom. The van der Waals surface area contributed by atoms with Gasteiger partial charge in [-0.2, -0.15) is 0 Å². The van der Waals surface area contributed by atoms with Crippen molar-refractivity contribution in [2.24, 2.45) is 0 Å². The van der Waals surface area contributed by atoms with Crippen molar-refractivity contribution in [2.75, 3.05) is 40.2 Å². The predicted molar refractivity (Wildman–Crippen MR) is 98.4 cm³/mol. The van der Waals surface area contributed by atoms with Gasteiger partial charge in [-0.05, 0) is 23.8 Å². The number of esters is 1. The summed E-state index contributed by atoms with van der Waals surface area (Å²) in [7, 11) is 4.38. The number of ether oxygens (including phenoxy) is 3. The molecule has 1 amide bonds. The molecule has 2 rings (SSSR count). The van der Waals surface area contributed by atoms with Crippen molar-refractivity contribution in [3.8, 4) is 11.5 Å². The van der Waals surface area contributed by atoms with E-state index in [2.05, 4.69) is 0 Å². The number of rotatable bonds is 5. The Morgan fingerprint density at radius 2 is 2.04 bits per heavy atom. The topological polar surface area (TPSA) is 65.1 Å². The van der Waals surface area contributed by atoms with Crippen molar-refractivity contribution < 1.29 is 23.8 Å². The summed E-state index contributed by atoms with van der Waals surface area (Å²) in [4.78, 5) is 25.7. The molecular formula is C17H20ClNO5S. The van der Waals surface area contributed by atoms with Gasteiger partial charge in [-0.15, -0.1) is 11.8 Å². The summed E-state index contributed by atoms with van der Waals surface area (Å²) >= 11 is 7.66. The molecule has 0 radical (unpaired) electrons. The largest absolute Gasteiger partial charge is 0.493 e. The average Bonchev–Trinajstić information content (AvgIpc) is 2.64. The Bertz CT molecular complexity index is 679. The van der Waals surface area contributed by atoms with E-state index in [0.717, 1.165) is 0 Å². The normalized spacial score (nSPS) is 17.4. The fraction of sp³-hybridized carbons (Fsp3) is 0.412. The number of methoxy groups -OCH3 is 3. The molecule has 1 saturated heterocycles. The van der Waals surface area contributed by atoms with Gasteiger partial charge in [0.25, 0.3) is 0 Å². The molecule has 1 aliphatic heterocycles. The van der Waals surface area contributed by atoms with E-state index in [0.29, 0.717) is 40.9 Å². The van der Waals surface area contributed by atoms with Crippen LogP contribution in [-0.2, 0) is 14.3 Å². The quantitative estimate of drug-likeness (QED) is 0.573. The Labute approximate surface area is 156 Å². The van der Waals surface area contributed by atoms with Crippen LogP contribution in [0.25, 0.3) is 6.08 Å². The number of amides is 1. The highest BCUT2D eigenvalue weighted by Crippen LogP contribution is 2.36. The maximum Gasteiger partial charge on any atom is 0.320 e. The number of carbonyl (C=O) groups excluding carboxylic acids is 2. The number of hydrogen-bond donors (Lipinski definition) is 0. The van der Waals surface area contributed by atoms with Crippen LogP contribution < -0.4 is 9.47 Å². The van der Waals surface area contributed by atoms with Crippen LogP contribution in [0, 0.1) is 0 Å². The van der Waals surface area contributed by atoms with Crippen LogP contribution in [-0.4, -0.2) is 62.2 Å². The summed E-state index contributed by atoms with van der Waals surface area (Å²) in [6, 6.07) is 3.42. The number of nitrogens with zero attached hydrogens (tertiary/aromatic N) is 1. The highest BCUT2D eigenvalue weighted by Gasteiger charge is 2.28. The average molecular weight is 386 g/mol. The molecule has 1 heterocycles. The molecule has 1 aromatic carbocycles. The van der Waals surface area contributed by atoms with E-state index in [1.807, 2.05) is 0 Å². The summed E-state index contributed by atoms with van der Waals surface area (Å²) in [5, 5.41) is 0.0562. The first-order valence-corrected chi connectivity index (χ1v) is 9.00. The lowest BCUT2D eigenvalue weighted by molar-refractivity contribution is -0.140. The van der Waals surface area contributed by atoms with Crippen LogP contribution in [0.5, 0.6) is 11.5 Å². The molecule has 1 fully saturated rings. The van der Waals surface area contributed by atoms with Gasteiger partial charge in [-0.25, -0.2) is 0 Å². The molecule has 1 atom stereocenters. The van der Waals surface area contributed by atoms with Crippen LogP contribution in [0.15, 0.2) is 18.2 Å². The van der Waals surface area contributed by atoms with Crippen molar-refractivity contribution in [2.45, 2.75) is 5.25 Å². The highest BCUT2D eigenvalue weighted by molar-refractivity contribution is 8.00. The van der Waals surface area contributed by atoms with Gasteiger partial charge in [0, 0.05) is 24.9 Å². The van der Waals surface area contributed by atoms with Gasteiger partial charge in [-0.3, -0.25) is 9.59 Å². The Kier molecular flexibility index (Phi) is 7.01. The molecule has 0 N–H and O–H groups in total. The van der Waals surface area contributed by atoms with E-state index in [1.165, 1.54) is 39.2 Å². The number of halogens is 1. The van der Waals surface area contributed by atoms with Crippen LogP contribution in [0.4, 0.5) is 0 Å². The minimum absolute atomic E-state index is 0.167. The van der Waals surface area contributed by atoms with E-state index in [4.69, 9.17) is 25.8 Å². The summed E-state index contributed by atoms with van der Waals surface area (Å²) in [5.41, 5.74) is 0.715. The smallest absolute Gasteiger partial charge is 0.320 e. The van der Waals surface area contributed by atoms with Gasteiger partial charge >= 0.3 is 5.97 Å². The molecule has 1 aromatic rings. The molecule has 0 saturated carbocycles. The van der Waals surface area contributed by atoms with E-state index < -0.39 is 0 Å². The number of hydrogen-bond acceptors (Lipinski definition) is 6. The minimum Gasteiger partial charge on any atom is -0.493 e. The number of benzene rings is 1. The first-order valence-electron chi connectivity index (χ1n) is 7.58. The Morgan fingerprint density at radius 1 is 1.28 bits per heavy atom. The van der Waals surface area contributed by atoms with Gasteiger partial charge in [0.15, 0.2) is 11.5 Å². The third kappa shape index (κ3) is 4.83. The molecule has 8 heteroatoms. The second-order valence-electron chi connectivity index (χ2n) is 5.24. The molecule has 1 aliphatic rings. The first kappa shape index (κ1) is 19.5. The van der Waals surface area contributed by atoms with Crippen molar-refractivity contribution in [1.29, 1.82) is 0 Å². The van der Waals surface area contributed by atoms with Gasteiger partial charge < -0.3 is 19.1 Å². The second-order valence-corrected chi connectivity index (χ2v) is 6.96. The maximum atomic E-state index is 12.4. The van der Waals surface area contributed by atoms with E-state index in [1.54, 1.807) is 23.1 Å². The summed E-state index contributed by atoms with van der Waals surface area (Å²) < 4.78 is 15.2. The molecule has 0 bridgehead atoms. The van der Waals surface area contributed by atoms with Crippen LogP contribution in [0.3, 0.4) is 0 Å². The Balaban J connectivity index is 2.09. The maximum absolute atomic E-state index is 12.4. The molecule has 0 unspecified atom stereocenters. The van der Waals surface area contributed by atoms with Crippen molar-refractivity contribution in [3.63, 3.8) is 0 Å². The fourth-order valence-corrected chi connectivity index (χ4v) is 3.85. The molecular weight excluding hydrogens is 366 g/mol. The fourth-order valence-electron chi connectivity index (χ4n) is 2.43. The van der Waals surface area contributed by atoms with E-state index >= 15 is 0 Å². The summed E-state index contributed by atoms with van der Waals surface area (Å²) in [5.74, 6) is 1.16. The van der Waals surface area contributed by atoms with Gasteiger partial charge in [-0.1, -0.05) is 11.6 Å². The SMILES string of the molecule is COC(=O)[C@H]1CN(C(=O)/C=C/c2cc(Cl)c(OC)c(OC)c2)CCS1. The molecule has 25 heavy (non-hydrogen) atoms. The molecule has 0 spiro atoms. The zero-order valence-electron chi connectivity index (χ0n) is 14.3. The molecule has 136 valence electrons. The third-order valence-electron chi connectivity index (χ3n) is 3.72. The second kappa shape index (κ2) is 9.01. The standard InChI is InChI=1S/C17H20ClNO5S/c1-22-13-9-11(8-12(18)16(13)23-2)4-5-15(20)19-6-7-25-14(10-19)17(21)24-3/h4-5,8-9,14H,6-7,10H2,1-3H3/b5-4+/t14-/m1/s1. The molecule has 0 aliphatic carbocycles. The van der Waals surface area contributed by atoms with E-state index in [-0.39, 0.29) is 17.1 Å². The van der Waals surface area contributed by atoms with Crippen LogP contribution in [0.2, 0.25) is 5.02 Å². The lowest BCUT2D eigenvalue weighted by Gasteiger charge is -2.30. The minimum atomic E-state index is -0.341. The zero-order chi connectivity index (χ0) is 18.4. The van der Waals surface area contributed by atoms with E-state index in [9.17, 15) is 9.59 Å². The predicted octanol–water partition coefficient (Wildman–Crippen LogP) is 2.49. The first-order chi connectivity index (χ1) is 12.0. The summed E-state index contributed by atoms with van der Waals surface area (Å²) in [6.07, 6.45) is 3.12. The van der Waals surface area contributed by atoms with Crippen molar-refractivity contribution in [3.05, 3.63) is 28.8 Å². The van der Waals surface area contributed by atoms with Gasteiger partial charge in [0.05, 0.1) is 26.4 Å². The third-order valence-corrected chi connectivity index (χ3v) is 5.16. The Hall–Kier alpha value is -1.86. The monoisotopic (exact) mass is 385 g/mol. The lowest BCUT2D eigenvalue weighted by Crippen LogP contribution is -2.44. The molecule has 0 aromatic heterocycles. The van der Waals surface area contributed by atoms with Crippen LogP contribution in [0.1, 0.15) is 5.56 Å². The molecule has 6 nitrogen and oxygen atoms in total. The van der Waals surface area contributed by atoms with Crippen molar-refractivity contribution in [1.82, 2.24) is 4.90 Å². The van der Waals surface area contributed by atoms with Gasteiger partial charge in [0.2, 0.25) is 5.91 Å². The zero-order valence-corrected chi connectivity index (χ0v) is 15.9. The highest BCUT2D eigenvalue weighted by atomic mass is 35.5. The number of thioether (sulfide) groups is 1. The van der Waals surface area contributed by atoms with Crippen molar-refractivity contribution >= 4 is 41.3 Å². The summed E-state index contributed by atoms with van der Waals surface area (Å²) in [6.45, 7) is 0.932. The number of carbonyl (C=O) groups is 2. The van der Waals surface area contributed by atoms with Crippen LogP contribution >= 0.6 is 23.4 Å².